The first-order valence-electron chi connectivity index (χ1n) is 6.54. The van der Waals surface area contributed by atoms with Crippen LogP contribution >= 0.6 is 0 Å². The van der Waals surface area contributed by atoms with E-state index < -0.39 is 0 Å². The molecule has 2 rings (SSSR count). The maximum atomic E-state index is 12.3. The number of nitrogens with one attached hydrogen (secondary N) is 1. The summed E-state index contributed by atoms with van der Waals surface area (Å²) in [6.07, 6.45) is 1.02. The summed E-state index contributed by atoms with van der Waals surface area (Å²) in [5.41, 5.74) is 2.25. The Hall–Kier alpha value is -1.55. The molecule has 1 aromatic rings. The van der Waals surface area contributed by atoms with Gasteiger partial charge in [-0.2, -0.15) is 0 Å². The Kier molecular flexibility index (Phi) is 4.20. The van der Waals surface area contributed by atoms with Gasteiger partial charge in [-0.25, -0.2) is 4.79 Å². The fourth-order valence-corrected chi connectivity index (χ4v) is 2.13. The van der Waals surface area contributed by atoms with Gasteiger partial charge in [-0.05, 0) is 24.1 Å². The van der Waals surface area contributed by atoms with Crippen LogP contribution < -0.4 is 10.2 Å². The molecule has 1 fully saturated rings. The molecule has 0 radical (unpaired) electrons. The normalized spacial score (nSPS) is 15.6. The molecule has 0 aliphatic carbocycles. The first-order valence-corrected chi connectivity index (χ1v) is 6.54. The first kappa shape index (κ1) is 12.9. The standard InChI is InChI=1S/C14H21N3O/c1-3-12-4-6-13(7-5-12)16(2)14(18)17-10-8-15-9-11-17/h4-7,15H,3,8-11H2,1-2H3. The van der Waals surface area contributed by atoms with Crippen molar-refractivity contribution in [3.05, 3.63) is 29.8 Å². The fraction of sp³-hybridized carbons (Fsp3) is 0.500. The quantitative estimate of drug-likeness (QED) is 0.863. The van der Waals surface area contributed by atoms with E-state index in [4.69, 9.17) is 0 Å². The maximum Gasteiger partial charge on any atom is 0.324 e. The minimum absolute atomic E-state index is 0.0840. The number of anilines is 1. The maximum absolute atomic E-state index is 12.3. The highest BCUT2D eigenvalue weighted by atomic mass is 16.2. The number of amides is 2. The van der Waals surface area contributed by atoms with Crippen LogP contribution in [0.15, 0.2) is 24.3 Å². The number of carbonyl (C=O) groups excluding carboxylic acids is 1. The van der Waals surface area contributed by atoms with Gasteiger partial charge in [0.15, 0.2) is 0 Å². The summed E-state index contributed by atoms with van der Waals surface area (Å²) in [6.45, 7) is 5.47. The zero-order valence-corrected chi connectivity index (χ0v) is 11.1. The predicted octanol–water partition coefficient (Wildman–Crippen LogP) is 1.71. The molecule has 0 saturated carbocycles. The minimum atomic E-state index is 0.0840. The number of urea groups is 1. The summed E-state index contributed by atoms with van der Waals surface area (Å²) in [5.74, 6) is 0. The monoisotopic (exact) mass is 247 g/mol. The van der Waals surface area contributed by atoms with Gasteiger partial charge in [0.05, 0.1) is 0 Å². The number of hydrogen-bond donors (Lipinski definition) is 1. The summed E-state index contributed by atoms with van der Waals surface area (Å²) < 4.78 is 0. The Morgan fingerprint density at radius 3 is 2.44 bits per heavy atom. The lowest BCUT2D eigenvalue weighted by molar-refractivity contribution is 0.198. The molecule has 2 amide bonds. The van der Waals surface area contributed by atoms with Gasteiger partial charge >= 0.3 is 6.03 Å². The van der Waals surface area contributed by atoms with Crippen molar-refractivity contribution in [2.75, 3.05) is 38.1 Å². The van der Waals surface area contributed by atoms with Crippen molar-refractivity contribution in [2.45, 2.75) is 13.3 Å². The highest BCUT2D eigenvalue weighted by Crippen LogP contribution is 2.16. The highest BCUT2D eigenvalue weighted by Gasteiger charge is 2.20. The average molecular weight is 247 g/mol. The smallest absolute Gasteiger partial charge is 0.322 e. The third-order valence-electron chi connectivity index (χ3n) is 3.41. The Bertz CT molecular complexity index is 396. The van der Waals surface area contributed by atoms with Crippen LogP contribution in [0, 0.1) is 0 Å². The van der Waals surface area contributed by atoms with E-state index in [0.717, 1.165) is 38.3 Å². The lowest BCUT2D eigenvalue weighted by atomic mass is 10.1. The van der Waals surface area contributed by atoms with Gasteiger partial charge in [-0.1, -0.05) is 19.1 Å². The molecule has 1 aromatic carbocycles. The van der Waals surface area contributed by atoms with Crippen LogP contribution in [-0.4, -0.2) is 44.2 Å². The average Bonchev–Trinajstić information content (AvgIpc) is 2.47. The summed E-state index contributed by atoms with van der Waals surface area (Å²) in [4.78, 5) is 15.9. The topological polar surface area (TPSA) is 35.6 Å². The number of hydrogen-bond acceptors (Lipinski definition) is 2. The van der Waals surface area contributed by atoms with Crippen LogP contribution in [0.2, 0.25) is 0 Å². The van der Waals surface area contributed by atoms with E-state index >= 15 is 0 Å². The van der Waals surface area contributed by atoms with Gasteiger partial charge in [0.1, 0.15) is 0 Å². The Morgan fingerprint density at radius 1 is 1.28 bits per heavy atom. The van der Waals surface area contributed by atoms with Gasteiger partial charge < -0.3 is 10.2 Å². The molecule has 1 saturated heterocycles. The molecular weight excluding hydrogens is 226 g/mol. The highest BCUT2D eigenvalue weighted by molar-refractivity contribution is 5.91. The molecule has 1 heterocycles. The molecule has 0 spiro atoms. The molecule has 0 aromatic heterocycles. The number of aryl methyl sites for hydroxylation is 1. The molecule has 0 unspecified atom stereocenters. The lowest BCUT2D eigenvalue weighted by Crippen LogP contribution is -2.50. The van der Waals surface area contributed by atoms with Crippen molar-refractivity contribution < 1.29 is 4.79 Å². The number of nitrogens with zero attached hydrogens (tertiary/aromatic N) is 2. The molecule has 1 aliphatic rings. The van der Waals surface area contributed by atoms with Crippen molar-refractivity contribution in [3.8, 4) is 0 Å². The van der Waals surface area contributed by atoms with Gasteiger partial charge in [0, 0.05) is 38.9 Å². The largest absolute Gasteiger partial charge is 0.324 e. The SMILES string of the molecule is CCc1ccc(N(C)C(=O)N2CCNCC2)cc1. The predicted molar refractivity (Wildman–Crippen MR) is 74.1 cm³/mol. The van der Waals surface area contributed by atoms with Gasteiger partial charge in [0.2, 0.25) is 0 Å². The van der Waals surface area contributed by atoms with E-state index in [1.807, 2.05) is 24.1 Å². The molecule has 1 N–H and O–H groups in total. The second-order valence-corrected chi connectivity index (χ2v) is 4.60. The van der Waals surface area contributed by atoms with Crippen molar-refractivity contribution in [2.24, 2.45) is 0 Å². The second kappa shape index (κ2) is 5.87. The number of benzene rings is 1. The van der Waals surface area contributed by atoms with E-state index in [2.05, 4.69) is 24.4 Å². The van der Waals surface area contributed by atoms with Crippen molar-refractivity contribution in [3.63, 3.8) is 0 Å². The fourth-order valence-electron chi connectivity index (χ4n) is 2.13. The Labute approximate surface area is 109 Å². The number of carbonyl (C=O) groups is 1. The molecule has 0 bridgehead atoms. The summed E-state index contributed by atoms with van der Waals surface area (Å²) in [5, 5.41) is 3.25. The van der Waals surface area contributed by atoms with Crippen LogP contribution in [0.4, 0.5) is 10.5 Å². The molecule has 18 heavy (non-hydrogen) atoms. The van der Waals surface area contributed by atoms with Crippen LogP contribution in [0.3, 0.4) is 0 Å². The van der Waals surface area contributed by atoms with E-state index in [1.165, 1.54) is 5.56 Å². The molecule has 4 heteroatoms. The minimum Gasteiger partial charge on any atom is -0.322 e. The van der Waals surface area contributed by atoms with E-state index in [9.17, 15) is 4.79 Å². The zero-order chi connectivity index (χ0) is 13.0. The molecule has 1 aliphatic heterocycles. The van der Waals surface area contributed by atoms with Gasteiger partial charge in [0.25, 0.3) is 0 Å². The third-order valence-corrected chi connectivity index (χ3v) is 3.41. The van der Waals surface area contributed by atoms with E-state index in [0.29, 0.717) is 0 Å². The number of piperazine rings is 1. The molecular formula is C14H21N3O. The van der Waals surface area contributed by atoms with Crippen LogP contribution in [0.5, 0.6) is 0 Å². The lowest BCUT2D eigenvalue weighted by Gasteiger charge is -2.31. The first-order chi connectivity index (χ1) is 8.72. The van der Waals surface area contributed by atoms with Crippen LogP contribution in [-0.2, 0) is 6.42 Å². The van der Waals surface area contributed by atoms with Gasteiger partial charge in [-0.3, -0.25) is 4.90 Å². The summed E-state index contributed by atoms with van der Waals surface area (Å²) in [7, 11) is 1.84. The summed E-state index contributed by atoms with van der Waals surface area (Å²) in [6, 6.07) is 8.27. The number of rotatable bonds is 2. The second-order valence-electron chi connectivity index (χ2n) is 4.60. The van der Waals surface area contributed by atoms with Crippen molar-refractivity contribution >= 4 is 11.7 Å². The van der Waals surface area contributed by atoms with Crippen LogP contribution in [0.1, 0.15) is 12.5 Å². The van der Waals surface area contributed by atoms with Gasteiger partial charge in [-0.15, -0.1) is 0 Å². The molecule has 98 valence electrons. The third kappa shape index (κ3) is 2.82. The van der Waals surface area contributed by atoms with Crippen molar-refractivity contribution in [1.82, 2.24) is 10.2 Å². The van der Waals surface area contributed by atoms with Crippen molar-refractivity contribution in [1.29, 1.82) is 0 Å². The molecule has 4 nitrogen and oxygen atoms in total. The Morgan fingerprint density at radius 2 is 1.89 bits per heavy atom. The summed E-state index contributed by atoms with van der Waals surface area (Å²) >= 11 is 0. The van der Waals surface area contributed by atoms with Crippen LogP contribution in [0.25, 0.3) is 0 Å². The molecule has 0 atom stereocenters. The zero-order valence-electron chi connectivity index (χ0n) is 11.1. The van der Waals surface area contributed by atoms with E-state index in [1.54, 1.807) is 4.90 Å². The Balaban J connectivity index is 2.04. The van der Waals surface area contributed by atoms with E-state index in [-0.39, 0.29) is 6.03 Å².